The van der Waals surface area contributed by atoms with Gasteiger partial charge in [0.25, 0.3) is 0 Å². The number of para-hydroxylation sites is 1. The molecular weight excluding hydrogens is 269 g/mol. The third-order valence-electron chi connectivity index (χ3n) is 3.06. The van der Waals surface area contributed by atoms with Gasteiger partial charge in [0.1, 0.15) is 5.82 Å². The van der Waals surface area contributed by atoms with E-state index in [0.29, 0.717) is 12.2 Å². The molecule has 0 atom stereocenters. The SMILES string of the molecule is O=CNc1cc(-c2ccc(F)cc2)n(-c2ccccc2)n1. The number of rotatable bonds is 4. The Morgan fingerprint density at radius 1 is 1.05 bits per heavy atom. The lowest BCUT2D eigenvalue weighted by atomic mass is 10.1. The summed E-state index contributed by atoms with van der Waals surface area (Å²) in [7, 11) is 0. The second kappa shape index (κ2) is 5.58. The fourth-order valence-corrected chi connectivity index (χ4v) is 2.10. The maximum absolute atomic E-state index is 13.1. The Morgan fingerprint density at radius 2 is 1.76 bits per heavy atom. The van der Waals surface area contributed by atoms with Crippen molar-refractivity contribution in [1.29, 1.82) is 0 Å². The maximum Gasteiger partial charge on any atom is 0.212 e. The zero-order valence-corrected chi connectivity index (χ0v) is 11.0. The number of carbonyl (C=O) groups excluding carboxylic acids is 1. The van der Waals surface area contributed by atoms with Gasteiger partial charge in [0.05, 0.1) is 11.4 Å². The van der Waals surface area contributed by atoms with Crippen LogP contribution in [0.2, 0.25) is 0 Å². The molecule has 0 spiro atoms. The Kier molecular flexibility index (Phi) is 3.47. The molecule has 5 heteroatoms. The van der Waals surface area contributed by atoms with Gasteiger partial charge < -0.3 is 5.32 Å². The van der Waals surface area contributed by atoms with E-state index in [2.05, 4.69) is 10.4 Å². The number of benzene rings is 2. The monoisotopic (exact) mass is 281 g/mol. The summed E-state index contributed by atoms with van der Waals surface area (Å²) < 4.78 is 14.8. The Hall–Kier alpha value is -2.95. The summed E-state index contributed by atoms with van der Waals surface area (Å²) in [6.07, 6.45) is 0.576. The van der Waals surface area contributed by atoms with Crippen molar-refractivity contribution in [2.45, 2.75) is 0 Å². The summed E-state index contributed by atoms with van der Waals surface area (Å²) in [5.74, 6) is 0.143. The number of carbonyl (C=O) groups is 1. The molecule has 1 aromatic heterocycles. The largest absolute Gasteiger partial charge is 0.312 e. The molecule has 1 heterocycles. The van der Waals surface area contributed by atoms with Crippen LogP contribution >= 0.6 is 0 Å². The lowest BCUT2D eigenvalue weighted by Crippen LogP contribution is -2.00. The quantitative estimate of drug-likeness (QED) is 0.746. The van der Waals surface area contributed by atoms with E-state index in [0.717, 1.165) is 16.9 Å². The normalized spacial score (nSPS) is 10.3. The van der Waals surface area contributed by atoms with Crippen molar-refractivity contribution < 1.29 is 9.18 Å². The molecular formula is C16H12FN3O. The first-order valence-electron chi connectivity index (χ1n) is 6.39. The number of anilines is 1. The molecule has 0 aliphatic carbocycles. The van der Waals surface area contributed by atoms with E-state index in [4.69, 9.17) is 0 Å². The van der Waals surface area contributed by atoms with Crippen LogP contribution in [0.4, 0.5) is 10.2 Å². The highest BCUT2D eigenvalue weighted by Crippen LogP contribution is 2.26. The minimum atomic E-state index is -0.296. The van der Waals surface area contributed by atoms with Crippen molar-refractivity contribution >= 4 is 12.2 Å². The highest BCUT2D eigenvalue weighted by Gasteiger charge is 2.11. The molecule has 4 nitrogen and oxygen atoms in total. The fourth-order valence-electron chi connectivity index (χ4n) is 2.10. The minimum absolute atomic E-state index is 0.296. The van der Waals surface area contributed by atoms with Crippen LogP contribution in [0.15, 0.2) is 60.7 Å². The van der Waals surface area contributed by atoms with Crippen molar-refractivity contribution in [1.82, 2.24) is 9.78 Å². The molecule has 0 saturated heterocycles. The molecule has 2 aromatic carbocycles. The van der Waals surface area contributed by atoms with Crippen molar-refractivity contribution in [3.05, 3.63) is 66.5 Å². The number of nitrogens with zero attached hydrogens (tertiary/aromatic N) is 2. The van der Waals surface area contributed by atoms with Gasteiger partial charge in [-0.2, -0.15) is 0 Å². The van der Waals surface area contributed by atoms with E-state index in [-0.39, 0.29) is 5.82 Å². The topological polar surface area (TPSA) is 46.9 Å². The predicted molar refractivity (Wildman–Crippen MR) is 78.6 cm³/mol. The number of aromatic nitrogens is 2. The Balaban J connectivity index is 2.14. The standard InChI is InChI=1S/C16H12FN3O/c17-13-8-6-12(7-9-13)15-10-16(18-11-21)19-20(15)14-4-2-1-3-5-14/h1-11H,(H,18,19,21). The lowest BCUT2D eigenvalue weighted by Gasteiger charge is -2.07. The maximum atomic E-state index is 13.1. The van der Waals surface area contributed by atoms with Crippen LogP contribution in [-0.2, 0) is 4.79 Å². The third kappa shape index (κ3) is 2.67. The van der Waals surface area contributed by atoms with Crippen molar-refractivity contribution in [2.24, 2.45) is 0 Å². The molecule has 0 fully saturated rings. The minimum Gasteiger partial charge on any atom is -0.312 e. The van der Waals surface area contributed by atoms with Crippen LogP contribution < -0.4 is 5.32 Å². The molecule has 0 aliphatic rings. The summed E-state index contributed by atoms with van der Waals surface area (Å²) in [6, 6.07) is 17.4. The molecule has 3 rings (SSSR count). The zero-order chi connectivity index (χ0) is 14.7. The number of halogens is 1. The average molecular weight is 281 g/mol. The molecule has 104 valence electrons. The molecule has 0 bridgehead atoms. The van der Waals surface area contributed by atoms with Crippen LogP contribution in [0.1, 0.15) is 0 Å². The molecule has 1 amide bonds. The Bertz CT molecular complexity index is 751. The third-order valence-corrected chi connectivity index (χ3v) is 3.06. The Labute approximate surface area is 120 Å². The second-order valence-electron chi connectivity index (χ2n) is 4.43. The Morgan fingerprint density at radius 3 is 2.43 bits per heavy atom. The van der Waals surface area contributed by atoms with Gasteiger partial charge in [0.2, 0.25) is 6.41 Å². The van der Waals surface area contributed by atoms with E-state index in [1.165, 1.54) is 12.1 Å². The van der Waals surface area contributed by atoms with E-state index >= 15 is 0 Å². The number of amides is 1. The second-order valence-corrected chi connectivity index (χ2v) is 4.43. The number of nitrogens with one attached hydrogen (secondary N) is 1. The molecule has 3 aromatic rings. The average Bonchev–Trinajstić information content (AvgIpc) is 2.93. The first-order chi connectivity index (χ1) is 10.3. The van der Waals surface area contributed by atoms with Gasteiger partial charge in [0.15, 0.2) is 5.82 Å². The highest BCUT2D eigenvalue weighted by atomic mass is 19.1. The van der Waals surface area contributed by atoms with Gasteiger partial charge in [-0.1, -0.05) is 18.2 Å². The molecule has 0 aliphatic heterocycles. The van der Waals surface area contributed by atoms with Gasteiger partial charge in [-0.25, -0.2) is 9.07 Å². The summed E-state index contributed by atoms with van der Waals surface area (Å²) in [6.45, 7) is 0. The summed E-state index contributed by atoms with van der Waals surface area (Å²) >= 11 is 0. The lowest BCUT2D eigenvalue weighted by molar-refractivity contribution is -0.105. The zero-order valence-electron chi connectivity index (χ0n) is 11.0. The van der Waals surface area contributed by atoms with E-state index < -0.39 is 0 Å². The summed E-state index contributed by atoms with van der Waals surface area (Å²) in [5.41, 5.74) is 2.44. The van der Waals surface area contributed by atoms with Crippen molar-refractivity contribution in [3.63, 3.8) is 0 Å². The van der Waals surface area contributed by atoms with Gasteiger partial charge in [-0.3, -0.25) is 4.79 Å². The van der Waals surface area contributed by atoms with Gasteiger partial charge in [0, 0.05) is 11.6 Å². The molecule has 0 radical (unpaired) electrons. The van der Waals surface area contributed by atoms with Crippen molar-refractivity contribution in [2.75, 3.05) is 5.32 Å². The smallest absolute Gasteiger partial charge is 0.212 e. The van der Waals surface area contributed by atoms with Crippen LogP contribution in [0, 0.1) is 5.82 Å². The fraction of sp³-hybridized carbons (Fsp3) is 0. The van der Waals surface area contributed by atoms with Gasteiger partial charge in [-0.05, 0) is 36.4 Å². The van der Waals surface area contributed by atoms with E-state index in [1.807, 2.05) is 30.3 Å². The first-order valence-corrected chi connectivity index (χ1v) is 6.39. The molecule has 0 unspecified atom stereocenters. The highest BCUT2D eigenvalue weighted by molar-refractivity contribution is 5.73. The molecule has 0 saturated carbocycles. The van der Waals surface area contributed by atoms with Crippen LogP contribution in [0.5, 0.6) is 0 Å². The van der Waals surface area contributed by atoms with Gasteiger partial charge >= 0.3 is 0 Å². The number of hydrogen-bond acceptors (Lipinski definition) is 2. The first kappa shape index (κ1) is 13.1. The predicted octanol–water partition coefficient (Wildman–Crippen LogP) is 3.25. The molecule has 21 heavy (non-hydrogen) atoms. The molecule has 1 N–H and O–H groups in total. The van der Waals surface area contributed by atoms with E-state index in [9.17, 15) is 9.18 Å². The number of hydrogen-bond donors (Lipinski definition) is 1. The van der Waals surface area contributed by atoms with Gasteiger partial charge in [-0.15, -0.1) is 5.10 Å². The van der Waals surface area contributed by atoms with Crippen molar-refractivity contribution in [3.8, 4) is 16.9 Å². The van der Waals surface area contributed by atoms with Crippen LogP contribution in [-0.4, -0.2) is 16.2 Å². The van der Waals surface area contributed by atoms with E-state index in [1.54, 1.807) is 22.9 Å². The summed E-state index contributed by atoms with van der Waals surface area (Å²) in [4.78, 5) is 10.6. The van der Waals surface area contributed by atoms with Crippen LogP contribution in [0.3, 0.4) is 0 Å². The van der Waals surface area contributed by atoms with Crippen LogP contribution in [0.25, 0.3) is 16.9 Å². The summed E-state index contributed by atoms with van der Waals surface area (Å²) in [5, 5.41) is 6.88.